The molecule has 0 amide bonds. The first kappa shape index (κ1) is 23.1. The Morgan fingerprint density at radius 1 is 0.423 bits per heavy atom. The second-order valence-corrected chi connectivity index (χ2v) is 9.28. The predicted octanol–water partition coefficient (Wildman–Crippen LogP) is -4.37. The molecule has 6 rings (SSSR count). The lowest BCUT2D eigenvalue weighted by Gasteiger charge is -2.50. The van der Waals surface area contributed by atoms with E-state index < -0.39 is 0 Å². The number of fused-ring (bicyclic) bond motifs is 6. The van der Waals surface area contributed by atoms with Gasteiger partial charge in [-0.3, -0.25) is 9.80 Å². The van der Waals surface area contributed by atoms with Gasteiger partial charge in [-0.25, -0.2) is 0 Å². The Morgan fingerprint density at radius 2 is 0.692 bits per heavy atom. The number of halogens is 2. The van der Waals surface area contributed by atoms with Gasteiger partial charge in [-0.15, -0.1) is 0 Å². The van der Waals surface area contributed by atoms with Crippen LogP contribution in [0.4, 0.5) is 0 Å². The molecule has 6 heteroatoms. The van der Waals surface area contributed by atoms with E-state index in [1.807, 2.05) is 0 Å². The van der Waals surface area contributed by atoms with Gasteiger partial charge in [0.05, 0.1) is 52.4 Å². The molecule has 4 nitrogen and oxygen atoms in total. The molecular weight excluding hydrogens is 456 g/mol. The molecule has 0 N–H and O–H groups in total. The van der Waals surface area contributed by atoms with Crippen LogP contribution in [0.25, 0.3) is 0 Å². The van der Waals surface area contributed by atoms with Crippen molar-refractivity contribution in [1.82, 2.24) is 9.80 Å². The van der Waals surface area contributed by atoms with Crippen molar-refractivity contribution in [2.45, 2.75) is 38.5 Å². The van der Waals surface area contributed by atoms with Gasteiger partial charge in [0.2, 0.25) is 0 Å². The van der Waals surface area contributed by atoms with Crippen molar-refractivity contribution in [3.8, 4) is 0 Å². The van der Waals surface area contributed by atoms with E-state index in [9.17, 15) is 0 Å². The van der Waals surface area contributed by atoms with Crippen LogP contribution in [0.2, 0.25) is 0 Å². The minimum Gasteiger partial charge on any atom is -1.00 e. The summed E-state index contributed by atoms with van der Waals surface area (Å²) in [7, 11) is 0. The normalized spacial score (nSPS) is 37.8. The maximum absolute atomic E-state index is 2.66. The van der Waals surface area contributed by atoms with Gasteiger partial charge < -0.3 is 42.9 Å². The Labute approximate surface area is 182 Å². The molecule has 4 bridgehead atoms. The Balaban J connectivity index is 0.00000121. The van der Waals surface area contributed by atoms with Gasteiger partial charge in [0.25, 0.3) is 0 Å². The van der Waals surface area contributed by atoms with Gasteiger partial charge in [0.15, 0.2) is 0 Å². The zero-order valence-electron chi connectivity index (χ0n) is 16.7. The van der Waals surface area contributed by atoms with Crippen LogP contribution in [0.15, 0.2) is 0 Å². The lowest BCUT2D eigenvalue weighted by atomic mass is 10.1. The number of quaternary nitrogens is 2. The van der Waals surface area contributed by atoms with Crippen molar-refractivity contribution < 1.29 is 42.9 Å². The highest BCUT2D eigenvalue weighted by molar-refractivity contribution is 4.71. The molecule has 0 aliphatic carbocycles. The summed E-state index contributed by atoms with van der Waals surface area (Å²) >= 11 is 0. The fraction of sp³-hybridized carbons (Fsp3) is 1.00. The standard InChI is InChI=1S/C20H40N4.2BrH/c1(3-5-13-23-15-7-21(8-16-23)9-17-23)2-4-6-14-24-18-10-22(11-19-24)12-20-24;;/h1-20H2;2*1H/q+2;;/p-2. The van der Waals surface area contributed by atoms with E-state index in [1.54, 1.807) is 0 Å². The quantitative estimate of drug-likeness (QED) is 0.235. The zero-order valence-corrected chi connectivity index (χ0v) is 19.9. The minimum absolute atomic E-state index is 0. The Bertz CT molecular complexity index is 339. The molecule has 6 fully saturated rings. The molecule has 0 aromatic rings. The summed E-state index contributed by atoms with van der Waals surface area (Å²) in [5.74, 6) is 0. The van der Waals surface area contributed by atoms with E-state index in [4.69, 9.17) is 0 Å². The van der Waals surface area contributed by atoms with Crippen molar-refractivity contribution in [1.29, 1.82) is 0 Å². The lowest BCUT2D eigenvalue weighted by molar-refractivity contribution is -0.941. The summed E-state index contributed by atoms with van der Waals surface area (Å²) in [4.78, 5) is 5.32. The van der Waals surface area contributed by atoms with Crippen molar-refractivity contribution in [3.63, 3.8) is 0 Å². The Morgan fingerprint density at radius 3 is 1.00 bits per heavy atom. The van der Waals surface area contributed by atoms with Gasteiger partial charge >= 0.3 is 0 Å². The molecule has 0 unspecified atom stereocenters. The smallest absolute Gasteiger partial charge is 0.0916 e. The number of hydrogen-bond donors (Lipinski definition) is 0. The second kappa shape index (κ2) is 10.5. The number of unbranched alkanes of at least 4 members (excludes halogenated alkanes) is 5. The van der Waals surface area contributed by atoms with Crippen molar-refractivity contribution in [2.75, 3.05) is 91.6 Å². The van der Waals surface area contributed by atoms with E-state index in [0.717, 1.165) is 0 Å². The van der Waals surface area contributed by atoms with Gasteiger partial charge in [0, 0.05) is 39.3 Å². The van der Waals surface area contributed by atoms with E-state index in [2.05, 4.69) is 9.80 Å². The average Bonchev–Trinajstić information content (AvgIpc) is 2.67. The third kappa shape index (κ3) is 5.66. The maximum atomic E-state index is 2.66. The summed E-state index contributed by atoms with van der Waals surface area (Å²) in [5.41, 5.74) is 0. The Hall–Kier alpha value is 0.800. The maximum Gasteiger partial charge on any atom is 0.0916 e. The number of hydrogen-bond acceptors (Lipinski definition) is 2. The van der Waals surface area contributed by atoms with Crippen LogP contribution in [0, 0.1) is 0 Å². The van der Waals surface area contributed by atoms with E-state index in [0.29, 0.717) is 0 Å². The lowest BCUT2D eigenvalue weighted by Crippen LogP contribution is -3.00. The topological polar surface area (TPSA) is 6.48 Å². The van der Waals surface area contributed by atoms with Gasteiger partial charge in [-0.1, -0.05) is 12.8 Å². The molecule has 6 heterocycles. The largest absolute Gasteiger partial charge is 1.00 e. The van der Waals surface area contributed by atoms with Crippen molar-refractivity contribution in [2.24, 2.45) is 0 Å². The summed E-state index contributed by atoms with van der Waals surface area (Å²) < 4.78 is 2.93. The second-order valence-electron chi connectivity index (χ2n) is 9.28. The van der Waals surface area contributed by atoms with Gasteiger partial charge in [-0.05, 0) is 25.7 Å². The van der Waals surface area contributed by atoms with Crippen LogP contribution >= 0.6 is 0 Å². The summed E-state index contributed by atoms with van der Waals surface area (Å²) in [6, 6.07) is 0. The molecule has 6 saturated heterocycles. The first-order valence-corrected chi connectivity index (χ1v) is 10.9. The third-order valence-corrected chi connectivity index (χ3v) is 7.86. The molecule has 0 atom stereocenters. The van der Waals surface area contributed by atoms with Crippen molar-refractivity contribution in [3.05, 3.63) is 0 Å². The van der Waals surface area contributed by atoms with E-state index in [-0.39, 0.29) is 34.0 Å². The average molecular weight is 496 g/mol. The van der Waals surface area contributed by atoms with Crippen LogP contribution < -0.4 is 34.0 Å². The monoisotopic (exact) mass is 494 g/mol. The number of nitrogens with zero attached hydrogens (tertiary/aromatic N) is 4. The molecule has 0 saturated carbocycles. The fourth-order valence-electron chi connectivity index (χ4n) is 5.74. The number of rotatable bonds is 9. The number of piperazine rings is 6. The zero-order chi connectivity index (χ0) is 16.3. The first-order chi connectivity index (χ1) is 11.8. The predicted molar refractivity (Wildman–Crippen MR) is 100 cm³/mol. The molecular formula is C20H40Br2N4. The molecule has 26 heavy (non-hydrogen) atoms. The molecule has 154 valence electrons. The minimum atomic E-state index is 0. The molecule has 0 aromatic carbocycles. The highest BCUT2D eigenvalue weighted by Crippen LogP contribution is 2.22. The first-order valence-electron chi connectivity index (χ1n) is 10.9. The van der Waals surface area contributed by atoms with Crippen LogP contribution in [0.1, 0.15) is 38.5 Å². The summed E-state index contributed by atoms with van der Waals surface area (Å²) in [5, 5.41) is 0. The third-order valence-electron chi connectivity index (χ3n) is 7.86. The van der Waals surface area contributed by atoms with Crippen LogP contribution in [-0.4, -0.2) is 110 Å². The molecule has 6 aliphatic rings. The van der Waals surface area contributed by atoms with Crippen LogP contribution in [-0.2, 0) is 0 Å². The molecule has 0 spiro atoms. The Kier molecular flexibility index (Phi) is 9.36. The molecule has 0 aromatic heterocycles. The fourth-order valence-corrected chi connectivity index (χ4v) is 5.74. The highest BCUT2D eigenvalue weighted by atomic mass is 79.9. The van der Waals surface area contributed by atoms with Crippen LogP contribution in [0.3, 0.4) is 0 Å². The molecule has 6 aliphatic heterocycles. The van der Waals surface area contributed by atoms with E-state index in [1.165, 1.54) is 139 Å². The van der Waals surface area contributed by atoms with E-state index >= 15 is 0 Å². The summed E-state index contributed by atoms with van der Waals surface area (Å²) in [6.07, 6.45) is 8.91. The highest BCUT2D eigenvalue weighted by Gasteiger charge is 2.38. The summed E-state index contributed by atoms with van der Waals surface area (Å²) in [6.45, 7) is 19.8. The van der Waals surface area contributed by atoms with Crippen molar-refractivity contribution >= 4 is 0 Å². The van der Waals surface area contributed by atoms with Gasteiger partial charge in [0.1, 0.15) is 0 Å². The van der Waals surface area contributed by atoms with Gasteiger partial charge in [-0.2, -0.15) is 0 Å². The SMILES string of the molecule is C(CCCC[N+]12CCN(CC1)CC2)CCC[N+]12CCN(CC1)CC2.[Br-].[Br-]. The van der Waals surface area contributed by atoms with Crippen LogP contribution in [0.5, 0.6) is 0 Å². The molecule has 0 radical (unpaired) electrons.